The number of aryl methyl sites for hydroxylation is 1. The predicted octanol–water partition coefficient (Wildman–Crippen LogP) is 1.13. The van der Waals surface area contributed by atoms with Gasteiger partial charge in [-0.1, -0.05) is 18.2 Å². The Morgan fingerprint density at radius 1 is 1.41 bits per heavy atom. The van der Waals surface area contributed by atoms with Gasteiger partial charge in [-0.05, 0) is 19.1 Å². The van der Waals surface area contributed by atoms with Gasteiger partial charge in [0.2, 0.25) is 5.95 Å². The van der Waals surface area contributed by atoms with Gasteiger partial charge in [-0.3, -0.25) is 15.2 Å². The van der Waals surface area contributed by atoms with Crippen molar-refractivity contribution in [2.75, 3.05) is 11.9 Å². The van der Waals surface area contributed by atoms with Crippen molar-refractivity contribution < 1.29 is 9.53 Å². The quantitative estimate of drug-likeness (QED) is 0.828. The number of hydrogen-bond donors (Lipinski definition) is 2. The molecule has 0 saturated carbocycles. The maximum Gasteiger partial charge on any atom is 0.264 e. The van der Waals surface area contributed by atoms with E-state index < -0.39 is 0 Å². The zero-order chi connectivity index (χ0) is 12.1. The van der Waals surface area contributed by atoms with Gasteiger partial charge in [-0.2, -0.15) is 4.98 Å². The van der Waals surface area contributed by atoms with Crippen molar-refractivity contribution in [2.45, 2.75) is 6.92 Å². The first-order valence-electron chi connectivity index (χ1n) is 5.11. The van der Waals surface area contributed by atoms with E-state index in [2.05, 4.69) is 20.5 Å². The minimum Gasteiger partial charge on any atom is -0.484 e. The summed E-state index contributed by atoms with van der Waals surface area (Å²) in [4.78, 5) is 15.4. The molecular weight excluding hydrogens is 220 g/mol. The van der Waals surface area contributed by atoms with Gasteiger partial charge >= 0.3 is 0 Å². The Kier molecular flexibility index (Phi) is 3.34. The van der Waals surface area contributed by atoms with Crippen LogP contribution in [0.25, 0.3) is 0 Å². The molecule has 6 heteroatoms. The third kappa shape index (κ3) is 3.30. The summed E-state index contributed by atoms with van der Waals surface area (Å²) in [5, 5.41) is 8.93. The molecule has 2 aromatic rings. The summed E-state index contributed by atoms with van der Waals surface area (Å²) < 4.78 is 5.27. The van der Waals surface area contributed by atoms with Crippen molar-refractivity contribution in [3.05, 3.63) is 36.2 Å². The maximum atomic E-state index is 11.5. The van der Waals surface area contributed by atoms with Crippen LogP contribution in [0.1, 0.15) is 5.82 Å². The molecule has 2 N–H and O–H groups in total. The van der Waals surface area contributed by atoms with Crippen LogP contribution in [0.3, 0.4) is 0 Å². The molecule has 0 unspecified atom stereocenters. The highest BCUT2D eigenvalue weighted by atomic mass is 16.5. The van der Waals surface area contributed by atoms with E-state index in [1.807, 2.05) is 18.2 Å². The third-order valence-electron chi connectivity index (χ3n) is 1.96. The molecule has 2 rings (SSSR count). The second-order valence-corrected chi connectivity index (χ2v) is 3.39. The Hall–Kier alpha value is -2.37. The number of H-pyrrole nitrogens is 1. The maximum absolute atomic E-state index is 11.5. The number of para-hydroxylation sites is 1. The number of hydrogen-bond acceptors (Lipinski definition) is 4. The molecule has 88 valence electrons. The van der Waals surface area contributed by atoms with Crippen LogP contribution in [0.5, 0.6) is 5.75 Å². The summed E-state index contributed by atoms with van der Waals surface area (Å²) in [6.45, 7) is 1.68. The highest BCUT2D eigenvalue weighted by Gasteiger charge is 2.06. The topological polar surface area (TPSA) is 79.9 Å². The molecule has 0 radical (unpaired) electrons. The van der Waals surface area contributed by atoms with Crippen molar-refractivity contribution in [3.8, 4) is 5.75 Å². The molecule has 0 fully saturated rings. The fraction of sp³-hybridized carbons (Fsp3) is 0.182. The lowest BCUT2D eigenvalue weighted by Crippen LogP contribution is -2.20. The molecule has 0 spiro atoms. The molecule has 0 aliphatic heterocycles. The van der Waals surface area contributed by atoms with Crippen molar-refractivity contribution in [3.63, 3.8) is 0 Å². The summed E-state index contributed by atoms with van der Waals surface area (Å²) in [6.07, 6.45) is 0. The predicted molar refractivity (Wildman–Crippen MR) is 61.7 cm³/mol. The number of rotatable bonds is 4. The Balaban J connectivity index is 1.82. The number of anilines is 1. The molecule has 0 atom stereocenters. The first kappa shape index (κ1) is 11.1. The Morgan fingerprint density at radius 2 is 2.18 bits per heavy atom. The van der Waals surface area contributed by atoms with Gasteiger partial charge in [0.1, 0.15) is 11.6 Å². The molecule has 0 saturated heterocycles. The lowest BCUT2D eigenvalue weighted by atomic mass is 10.3. The number of amides is 1. The van der Waals surface area contributed by atoms with Gasteiger partial charge < -0.3 is 4.74 Å². The first-order chi connectivity index (χ1) is 8.24. The highest BCUT2D eigenvalue weighted by Crippen LogP contribution is 2.08. The first-order valence-corrected chi connectivity index (χ1v) is 5.11. The lowest BCUT2D eigenvalue weighted by Gasteiger charge is -2.04. The Labute approximate surface area is 98.0 Å². The van der Waals surface area contributed by atoms with Crippen molar-refractivity contribution >= 4 is 11.9 Å². The van der Waals surface area contributed by atoms with E-state index in [-0.39, 0.29) is 18.5 Å². The molecule has 1 amide bonds. The zero-order valence-electron chi connectivity index (χ0n) is 9.30. The summed E-state index contributed by atoms with van der Waals surface area (Å²) in [5.41, 5.74) is 0. The number of ether oxygens (including phenoxy) is 1. The van der Waals surface area contributed by atoms with Crippen molar-refractivity contribution in [1.29, 1.82) is 0 Å². The number of carbonyl (C=O) groups is 1. The molecule has 1 aromatic carbocycles. The van der Waals surface area contributed by atoms with Crippen LogP contribution in [0, 0.1) is 6.92 Å². The van der Waals surface area contributed by atoms with Gasteiger partial charge in [0, 0.05) is 0 Å². The van der Waals surface area contributed by atoms with Gasteiger partial charge in [0.25, 0.3) is 5.91 Å². The molecule has 6 nitrogen and oxygen atoms in total. The van der Waals surface area contributed by atoms with E-state index in [1.54, 1.807) is 19.1 Å². The molecular formula is C11H12N4O2. The standard InChI is InChI=1S/C11H12N4O2/c1-8-12-11(15-14-8)13-10(16)7-17-9-5-3-2-4-6-9/h2-6H,7H2,1H3,(H2,12,13,14,15,16). The van der Waals surface area contributed by atoms with Crippen LogP contribution in [0.15, 0.2) is 30.3 Å². The van der Waals surface area contributed by atoms with Crippen LogP contribution < -0.4 is 10.1 Å². The minimum atomic E-state index is -0.298. The SMILES string of the molecule is Cc1nc(NC(=O)COc2ccccc2)n[nH]1. The average Bonchev–Trinajstić information content (AvgIpc) is 2.73. The van der Waals surface area contributed by atoms with Gasteiger partial charge in [0.15, 0.2) is 6.61 Å². The van der Waals surface area contributed by atoms with E-state index in [9.17, 15) is 4.79 Å². The number of benzene rings is 1. The largest absolute Gasteiger partial charge is 0.484 e. The van der Waals surface area contributed by atoms with Crippen molar-refractivity contribution in [1.82, 2.24) is 15.2 Å². The smallest absolute Gasteiger partial charge is 0.264 e. The average molecular weight is 232 g/mol. The van der Waals surface area contributed by atoms with Crippen LogP contribution in [-0.4, -0.2) is 27.7 Å². The van der Waals surface area contributed by atoms with E-state index in [4.69, 9.17) is 4.74 Å². The van der Waals surface area contributed by atoms with Gasteiger partial charge in [0.05, 0.1) is 0 Å². The van der Waals surface area contributed by atoms with E-state index >= 15 is 0 Å². The van der Waals surface area contributed by atoms with Crippen LogP contribution in [0.4, 0.5) is 5.95 Å². The molecule has 1 heterocycles. The van der Waals surface area contributed by atoms with E-state index in [0.717, 1.165) is 0 Å². The highest BCUT2D eigenvalue weighted by molar-refractivity contribution is 5.90. The van der Waals surface area contributed by atoms with E-state index in [1.165, 1.54) is 0 Å². The number of carbonyl (C=O) groups excluding carboxylic acids is 1. The summed E-state index contributed by atoms with van der Waals surface area (Å²) in [5.74, 6) is 1.25. The molecule has 0 aliphatic rings. The van der Waals surface area contributed by atoms with Crippen LogP contribution >= 0.6 is 0 Å². The molecule has 0 bridgehead atoms. The number of aromatic amines is 1. The number of nitrogens with zero attached hydrogens (tertiary/aromatic N) is 2. The van der Waals surface area contributed by atoms with E-state index in [0.29, 0.717) is 11.6 Å². The Bertz CT molecular complexity index is 495. The summed E-state index contributed by atoms with van der Waals surface area (Å²) in [7, 11) is 0. The summed E-state index contributed by atoms with van der Waals surface area (Å²) in [6, 6.07) is 9.12. The molecule has 0 aliphatic carbocycles. The number of nitrogens with one attached hydrogen (secondary N) is 2. The normalized spacial score (nSPS) is 9.94. The fourth-order valence-electron chi connectivity index (χ4n) is 1.22. The molecule has 17 heavy (non-hydrogen) atoms. The minimum absolute atomic E-state index is 0.0718. The third-order valence-corrected chi connectivity index (χ3v) is 1.96. The van der Waals surface area contributed by atoms with Gasteiger partial charge in [-0.15, -0.1) is 5.10 Å². The van der Waals surface area contributed by atoms with Crippen molar-refractivity contribution in [2.24, 2.45) is 0 Å². The summed E-state index contributed by atoms with van der Waals surface area (Å²) >= 11 is 0. The van der Waals surface area contributed by atoms with Gasteiger partial charge in [-0.25, -0.2) is 0 Å². The zero-order valence-corrected chi connectivity index (χ0v) is 9.30. The van der Waals surface area contributed by atoms with Crippen LogP contribution in [0.2, 0.25) is 0 Å². The second kappa shape index (κ2) is 5.11. The van der Waals surface area contributed by atoms with Crippen LogP contribution in [-0.2, 0) is 4.79 Å². The monoisotopic (exact) mass is 232 g/mol. The second-order valence-electron chi connectivity index (χ2n) is 3.39. The fourth-order valence-corrected chi connectivity index (χ4v) is 1.22. The molecule has 1 aromatic heterocycles. The lowest BCUT2D eigenvalue weighted by molar-refractivity contribution is -0.118. The Morgan fingerprint density at radius 3 is 2.82 bits per heavy atom. The number of aromatic nitrogens is 3.